The van der Waals surface area contributed by atoms with Crippen LogP contribution >= 0.6 is 11.8 Å². The van der Waals surface area contributed by atoms with E-state index in [0.29, 0.717) is 0 Å². The standard InChI is InChI=1S/C18H21NOS/c1-2-6-13-7-5-8-14(11-13)18(19)16-12-21-17-10-4-3-9-15(17)20-16/h3-5,7-11,16,18H,2,6,12,19H2,1H3. The molecule has 110 valence electrons. The van der Waals surface area contributed by atoms with Crippen LogP contribution in [0.25, 0.3) is 0 Å². The van der Waals surface area contributed by atoms with Crippen molar-refractivity contribution in [2.45, 2.75) is 36.8 Å². The predicted molar refractivity (Wildman–Crippen MR) is 88.9 cm³/mol. The van der Waals surface area contributed by atoms with Gasteiger partial charge in [-0.3, -0.25) is 0 Å². The van der Waals surface area contributed by atoms with Crippen LogP contribution in [0.3, 0.4) is 0 Å². The van der Waals surface area contributed by atoms with Gasteiger partial charge in [0.2, 0.25) is 0 Å². The smallest absolute Gasteiger partial charge is 0.133 e. The molecule has 2 unspecified atom stereocenters. The lowest BCUT2D eigenvalue weighted by molar-refractivity contribution is 0.185. The first-order valence-electron chi connectivity index (χ1n) is 7.51. The van der Waals surface area contributed by atoms with E-state index < -0.39 is 0 Å². The van der Waals surface area contributed by atoms with E-state index in [0.717, 1.165) is 24.3 Å². The zero-order chi connectivity index (χ0) is 14.7. The molecule has 0 fully saturated rings. The van der Waals surface area contributed by atoms with Crippen LogP contribution < -0.4 is 10.5 Å². The van der Waals surface area contributed by atoms with Crippen LogP contribution in [0, 0.1) is 0 Å². The van der Waals surface area contributed by atoms with E-state index in [1.165, 1.54) is 16.0 Å². The van der Waals surface area contributed by atoms with Gasteiger partial charge in [0.15, 0.2) is 0 Å². The highest BCUT2D eigenvalue weighted by molar-refractivity contribution is 7.99. The van der Waals surface area contributed by atoms with Crippen molar-refractivity contribution in [2.24, 2.45) is 5.73 Å². The summed E-state index contributed by atoms with van der Waals surface area (Å²) in [5, 5.41) is 0. The van der Waals surface area contributed by atoms with Gasteiger partial charge in [-0.15, -0.1) is 11.8 Å². The van der Waals surface area contributed by atoms with Gasteiger partial charge < -0.3 is 10.5 Å². The molecule has 2 N–H and O–H groups in total. The lowest BCUT2D eigenvalue weighted by Crippen LogP contribution is -2.35. The van der Waals surface area contributed by atoms with Crippen molar-refractivity contribution in [1.29, 1.82) is 0 Å². The SMILES string of the molecule is CCCc1cccc(C(N)C2CSc3ccccc3O2)c1. The van der Waals surface area contributed by atoms with Gasteiger partial charge in [0.25, 0.3) is 0 Å². The Hall–Kier alpha value is -1.45. The van der Waals surface area contributed by atoms with E-state index in [9.17, 15) is 0 Å². The maximum atomic E-state index is 6.45. The summed E-state index contributed by atoms with van der Waals surface area (Å²) in [5.41, 5.74) is 8.98. The molecular formula is C18H21NOS. The fourth-order valence-electron chi connectivity index (χ4n) is 2.67. The Bertz CT molecular complexity index is 614. The highest BCUT2D eigenvalue weighted by Crippen LogP contribution is 2.37. The second kappa shape index (κ2) is 6.54. The summed E-state index contributed by atoms with van der Waals surface area (Å²) in [7, 11) is 0. The molecule has 21 heavy (non-hydrogen) atoms. The third kappa shape index (κ3) is 3.25. The van der Waals surface area contributed by atoms with Gasteiger partial charge in [-0.1, -0.05) is 49.7 Å². The molecule has 0 saturated carbocycles. The molecule has 0 bridgehead atoms. The van der Waals surface area contributed by atoms with Crippen molar-refractivity contribution in [3.8, 4) is 5.75 Å². The van der Waals surface area contributed by atoms with E-state index in [1.807, 2.05) is 30.0 Å². The van der Waals surface area contributed by atoms with Crippen molar-refractivity contribution < 1.29 is 4.74 Å². The monoisotopic (exact) mass is 299 g/mol. The minimum atomic E-state index is -0.0809. The van der Waals surface area contributed by atoms with Crippen molar-refractivity contribution >= 4 is 11.8 Å². The molecule has 2 atom stereocenters. The molecule has 2 aromatic carbocycles. The maximum Gasteiger partial charge on any atom is 0.133 e. The number of hydrogen-bond acceptors (Lipinski definition) is 3. The van der Waals surface area contributed by atoms with Crippen LogP contribution in [0.2, 0.25) is 0 Å². The van der Waals surface area contributed by atoms with Gasteiger partial charge >= 0.3 is 0 Å². The van der Waals surface area contributed by atoms with Crippen molar-refractivity contribution in [3.63, 3.8) is 0 Å². The normalized spacial score (nSPS) is 18.7. The zero-order valence-electron chi connectivity index (χ0n) is 12.3. The first-order chi connectivity index (χ1) is 10.3. The lowest BCUT2D eigenvalue weighted by Gasteiger charge is -2.30. The van der Waals surface area contributed by atoms with Gasteiger partial charge in [-0.25, -0.2) is 0 Å². The topological polar surface area (TPSA) is 35.2 Å². The number of rotatable bonds is 4. The molecule has 1 aliphatic rings. The Kier molecular flexibility index (Phi) is 4.51. The first-order valence-corrected chi connectivity index (χ1v) is 8.49. The minimum absolute atomic E-state index is 0.0294. The maximum absolute atomic E-state index is 6.45. The Balaban J connectivity index is 1.77. The number of para-hydroxylation sites is 1. The molecule has 0 amide bonds. The molecule has 3 heteroatoms. The van der Waals surface area contributed by atoms with Gasteiger partial charge in [-0.05, 0) is 29.7 Å². The summed E-state index contributed by atoms with van der Waals surface area (Å²) in [6.07, 6.45) is 2.28. The highest BCUT2D eigenvalue weighted by atomic mass is 32.2. The molecule has 0 aromatic heterocycles. The number of hydrogen-bond donors (Lipinski definition) is 1. The molecule has 0 aliphatic carbocycles. The second-order valence-corrected chi connectivity index (χ2v) is 6.50. The van der Waals surface area contributed by atoms with E-state index in [2.05, 4.69) is 37.3 Å². The summed E-state index contributed by atoms with van der Waals surface area (Å²) in [6.45, 7) is 2.20. The van der Waals surface area contributed by atoms with Crippen LogP contribution in [-0.2, 0) is 6.42 Å². The molecular weight excluding hydrogens is 278 g/mol. The fraction of sp³-hybridized carbons (Fsp3) is 0.333. The molecule has 1 heterocycles. The van der Waals surface area contributed by atoms with Crippen molar-refractivity contribution in [2.75, 3.05) is 5.75 Å². The number of fused-ring (bicyclic) bond motifs is 1. The number of thioether (sulfide) groups is 1. The average molecular weight is 299 g/mol. The van der Waals surface area contributed by atoms with Crippen LogP contribution in [0.4, 0.5) is 0 Å². The van der Waals surface area contributed by atoms with Gasteiger partial charge in [-0.2, -0.15) is 0 Å². The summed E-state index contributed by atoms with van der Waals surface area (Å²) in [6, 6.07) is 16.7. The molecule has 0 spiro atoms. The largest absolute Gasteiger partial charge is 0.486 e. The van der Waals surface area contributed by atoms with Crippen LogP contribution in [-0.4, -0.2) is 11.9 Å². The molecule has 0 radical (unpaired) electrons. The molecule has 3 rings (SSSR count). The third-order valence-electron chi connectivity index (χ3n) is 3.81. The Labute approximate surface area is 130 Å². The molecule has 2 nitrogen and oxygen atoms in total. The number of aryl methyl sites for hydroxylation is 1. The van der Waals surface area contributed by atoms with Gasteiger partial charge in [0.05, 0.1) is 6.04 Å². The number of benzene rings is 2. The number of ether oxygens (including phenoxy) is 1. The minimum Gasteiger partial charge on any atom is -0.486 e. The Morgan fingerprint density at radius 2 is 2.10 bits per heavy atom. The number of nitrogens with two attached hydrogens (primary N) is 1. The van der Waals surface area contributed by atoms with E-state index in [4.69, 9.17) is 10.5 Å². The average Bonchev–Trinajstić information content (AvgIpc) is 2.54. The van der Waals surface area contributed by atoms with E-state index in [1.54, 1.807) is 0 Å². The van der Waals surface area contributed by atoms with Crippen LogP contribution in [0.1, 0.15) is 30.5 Å². The molecule has 1 aliphatic heterocycles. The third-order valence-corrected chi connectivity index (χ3v) is 4.95. The summed E-state index contributed by atoms with van der Waals surface area (Å²) < 4.78 is 6.10. The summed E-state index contributed by atoms with van der Waals surface area (Å²) in [5.74, 6) is 1.86. The van der Waals surface area contributed by atoms with Crippen LogP contribution in [0.15, 0.2) is 53.4 Å². The second-order valence-electron chi connectivity index (χ2n) is 5.43. The zero-order valence-corrected chi connectivity index (χ0v) is 13.1. The quantitative estimate of drug-likeness (QED) is 0.919. The highest BCUT2D eigenvalue weighted by Gasteiger charge is 2.26. The Morgan fingerprint density at radius 1 is 1.24 bits per heavy atom. The summed E-state index contributed by atoms with van der Waals surface area (Å²) in [4.78, 5) is 1.21. The fourth-order valence-corrected chi connectivity index (χ4v) is 3.72. The summed E-state index contributed by atoms with van der Waals surface area (Å²) >= 11 is 1.83. The van der Waals surface area contributed by atoms with Crippen LogP contribution in [0.5, 0.6) is 5.75 Å². The lowest BCUT2D eigenvalue weighted by atomic mass is 9.99. The van der Waals surface area contributed by atoms with Gasteiger partial charge in [0.1, 0.15) is 11.9 Å². The predicted octanol–water partition coefficient (Wildman–Crippen LogP) is 4.19. The molecule has 0 saturated heterocycles. The van der Waals surface area contributed by atoms with E-state index >= 15 is 0 Å². The first kappa shape index (κ1) is 14.5. The Morgan fingerprint density at radius 3 is 2.95 bits per heavy atom. The van der Waals surface area contributed by atoms with E-state index in [-0.39, 0.29) is 12.1 Å². The van der Waals surface area contributed by atoms with Gasteiger partial charge in [0, 0.05) is 10.6 Å². The molecule has 2 aromatic rings. The van der Waals surface area contributed by atoms with Crippen molar-refractivity contribution in [3.05, 3.63) is 59.7 Å². The van der Waals surface area contributed by atoms with Crippen molar-refractivity contribution in [1.82, 2.24) is 0 Å².